The van der Waals surface area contributed by atoms with Gasteiger partial charge in [0, 0.05) is 31.3 Å². The minimum Gasteiger partial charge on any atom is -0.494 e. The molecule has 1 unspecified atom stereocenters. The van der Waals surface area contributed by atoms with E-state index in [9.17, 15) is 23.4 Å². The Balaban J connectivity index is 1.56. The van der Waals surface area contributed by atoms with Crippen LogP contribution in [0.2, 0.25) is 0 Å². The van der Waals surface area contributed by atoms with Crippen LogP contribution in [0.4, 0.5) is 29.1 Å². The first-order chi connectivity index (χ1) is 21.0. The van der Waals surface area contributed by atoms with Gasteiger partial charge in [0.05, 0.1) is 55.8 Å². The second-order valence-corrected chi connectivity index (χ2v) is 10.7. The molecular weight excluding hydrogens is 588 g/mol. The first-order valence-electron chi connectivity index (χ1n) is 13.8. The molecular formula is C28H32F4N8O4. The van der Waals surface area contributed by atoms with Crippen LogP contribution in [-0.4, -0.2) is 97.3 Å². The second-order valence-electron chi connectivity index (χ2n) is 10.7. The van der Waals surface area contributed by atoms with Crippen LogP contribution < -0.4 is 20.7 Å². The van der Waals surface area contributed by atoms with Gasteiger partial charge in [0.25, 0.3) is 6.43 Å². The number of imidazole rings is 1. The van der Waals surface area contributed by atoms with Gasteiger partial charge in [-0.15, -0.1) is 0 Å². The van der Waals surface area contributed by atoms with E-state index >= 15 is 4.39 Å². The Morgan fingerprint density at radius 1 is 1.11 bits per heavy atom. The van der Waals surface area contributed by atoms with E-state index in [1.165, 1.54) is 26.0 Å². The normalized spacial score (nSPS) is 18.5. The highest BCUT2D eigenvalue weighted by molar-refractivity contribution is 5.82. The van der Waals surface area contributed by atoms with Crippen LogP contribution in [0.15, 0.2) is 37.1 Å². The molecule has 236 valence electrons. The van der Waals surface area contributed by atoms with Crippen molar-refractivity contribution >= 4 is 22.7 Å². The van der Waals surface area contributed by atoms with Gasteiger partial charge in [-0.1, -0.05) is 0 Å². The predicted molar refractivity (Wildman–Crippen MR) is 153 cm³/mol. The van der Waals surface area contributed by atoms with Crippen LogP contribution in [0.5, 0.6) is 5.75 Å². The van der Waals surface area contributed by atoms with Gasteiger partial charge in [-0.2, -0.15) is 0 Å². The molecule has 0 bridgehead atoms. The van der Waals surface area contributed by atoms with Crippen molar-refractivity contribution in [2.24, 2.45) is 5.73 Å². The van der Waals surface area contributed by atoms with E-state index in [4.69, 9.17) is 15.6 Å². The number of aliphatic hydroxyl groups is 3. The number of aromatic nitrogens is 5. The molecule has 0 saturated carbocycles. The lowest BCUT2D eigenvalue weighted by Crippen LogP contribution is -2.63. The summed E-state index contributed by atoms with van der Waals surface area (Å²) in [6.45, 7) is -0.0362. The number of aliphatic hydroxyl groups excluding tert-OH is 3. The number of hydrogen-bond donors (Lipinski definition) is 5. The third-order valence-electron chi connectivity index (χ3n) is 7.67. The zero-order valence-electron chi connectivity index (χ0n) is 23.7. The van der Waals surface area contributed by atoms with Crippen molar-refractivity contribution in [1.29, 1.82) is 0 Å². The summed E-state index contributed by atoms with van der Waals surface area (Å²) in [4.78, 5) is 19.0. The number of benzene rings is 1. The fourth-order valence-corrected chi connectivity index (χ4v) is 5.33. The summed E-state index contributed by atoms with van der Waals surface area (Å²) < 4.78 is 63.2. The fraction of sp³-hybridized carbons (Fsp3) is 0.429. The Labute approximate surface area is 249 Å². The number of ether oxygens (including phenoxy) is 1. The van der Waals surface area contributed by atoms with Gasteiger partial charge in [0.2, 0.25) is 0 Å². The third-order valence-corrected chi connectivity index (χ3v) is 7.67. The topological polar surface area (TPSA) is 168 Å². The maximum Gasteiger partial charge on any atom is 0.265 e. The standard InChI is InChI=1S/C28H32F4N8O4/c1-44-22-7-18(29)17(6-19(22)30)20-5-15(21(9-34-20)39-4-2-3-28(33,12-39)24(43)25(31)32)10-40-14-38-23-26(35-8-16(42)11-41)36-13-37-27(23)40/h5-7,9,13-14,16,24-25,41-43H,2-4,8,10-12,33H2,1H3,(H,35,36,37)/t16?,24-,28-/m1/s1. The number of anilines is 2. The number of rotatable bonds is 11. The lowest BCUT2D eigenvalue weighted by molar-refractivity contribution is -0.0529. The van der Waals surface area contributed by atoms with E-state index in [2.05, 4.69) is 25.3 Å². The highest BCUT2D eigenvalue weighted by Gasteiger charge is 2.43. The smallest absolute Gasteiger partial charge is 0.265 e. The monoisotopic (exact) mass is 620 g/mol. The number of fused-ring (bicyclic) bond motifs is 1. The molecule has 0 radical (unpaired) electrons. The van der Waals surface area contributed by atoms with Crippen LogP contribution in [0.25, 0.3) is 22.4 Å². The minimum atomic E-state index is -3.04. The molecule has 4 aromatic rings. The number of hydrogen-bond acceptors (Lipinski definition) is 11. The molecule has 0 amide bonds. The average molecular weight is 621 g/mol. The maximum absolute atomic E-state index is 15.1. The lowest BCUT2D eigenvalue weighted by atomic mass is 9.84. The third kappa shape index (κ3) is 6.24. The Morgan fingerprint density at radius 3 is 2.64 bits per heavy atom. The number of halogens is 4. The number of nitrogens with one attached hydrogen (secondary N) is 1. The zero-order chi connectivity index (χ0) is 31.6. The molecule has 16 heteroatoms. The largest absolute Gasteiger partial charge is 0.494 e. The van der Waals surface area contributed by atoms with Crippen LogP contribution >= 0.6 is 0 Å². The maximum atomic E-state index is 15.1. The number of methoxy groups -OCH3 is 1. The van der Waals surface area contributed by atoms with E-state index in [1.807, 2.05) is 0 Å². The van der Waals surface area contributed by atoms with Gasteiger partial charge in [-0.3, -0.25) is 4.98 Å². The van der Waals surface area contributed by atoms with Crippen LogP contribution in [0.1, 0.15) is 18.4 Å². The quantitative estimate of drug-likeness (QED) is 0.155. The molecule has 12 nitrogen and oxygen atoms in total. The molecule has 6 N–H and O–H groups in total. The van der Waals surface area contributed by atoms with Crippen molar-refractivity contribution < 1.29 is 37.6 Å². The van der Waals surface area contributed by atoms with E-state index in [1.54, 1.807) is 15.5 Å². The fourth-order valence-electron chi connectivity index (χ4n) is 5.33. The molecule has 0 spiro atoms. The van der Waals surface area contributed by atoms with Gasteiger partial charge in [0.15, 0.2) is 23.0 Å². The summed E-state index contributed by atoms with van der Waals surface area (Å²) in [6, 6.07) is 3.45. The Kier molecular flexibility index (Phi) is 9.15. The first-order valence-corrected chi connectivity index (χ1v) is 13.8. The van der Waals surface area contributed by atoms with Gasteiger partial charge >= 0.3 is 0 Å². The van der Waals surface area contributed by atoms with Crippen molar-refractivity contribution in [2.75, 3.05) is 43.6 Å². The molecule has 1 aromatic carbocycles. The van der Waals surface area contributed by atoms with E-state index in [0.29, 0.717) is 41.2 Å². The number of nitrogens with zero attached hydrogens (tertiary/aromatic N) is 6. The average Bonchev–Trinajstić information content (AvgIpc) is 3.43. The zero-order valence-corrected chi connectivity index (χ0v) is 23.7. The van der Waals surface area contributed by atoms with E-state index < -0.39 is 42.4 Å². The molecule has 1 aliphatic heterocycles. The molecule has 5 rings (SSSR count). The first kappa shape index (κ1) is 31.3. The number of alkyl halides is 2. The van der Waals surface area contributed by atoms with Gasteiger partial charge in [-0.25, -0.2) is 32.5 Å². The summed E-state index contributed by atoms with van der Waals surface area (Å²) in [6.07, 6.45) is -1.30. The molecule has 0 aliphatic carbocycles. The molecule has 3 aromatic heterocycles. The highest BCUT2D eigenvalue weighted by atomic mass is 19.3. The summed E-state index contributed by atoms with van der Waals surface area (Å²) in [5, 5.41) is 32.0. The summed E-state index contributed by atoms with van der Waals surface area (Å²) >= 11 is 0. The van der Waals surface area contributed by atoms with Gasteiger partial charge in [0.1, 0.15) is 23.8 Å². The Bertz CT molecular complexity index is 1630. The molecule has 44 heavy (non-hydrogen) atoms. The van der Waals surface area contributed by atoms with Crippen LogP contribution in [-0.2, 0) is 6.54 Å². The molecule has 1 fully saturated rings. The number of pyridine rings is 1. The van der Waals surface area contributed by atoms with Crippen molar-refractivity contribution in [3.8, 4) is 17.0 Å². The van der Waals surface area contributed by atoms with Crippen molar-refractivity contribution in [3.05, 3.63) is 54.2 Å². The summed E-state index contributed by atoms with van der Waals surface area (Å²) in [5.74, 6) is -1.51. The van der Waals surface area contributed by atoms with Crippen LogP contribution in [0, 0.1) is 11.6 Å². The molecule has 3 atom stereocenters. The van der Waals surface area contributed by atoms with Crippen molar-refractivity contribution in [2.45, 2.75) is 43.6 Å². The van der Waals surface area contributed by atoms with E-state index in [0.717, 1.165) is 12.1 Å². The van der Waals surface area contributed by atoms with Crippen molar-refractivity contribution in [1.82, 2.24) is 24.5 Å². The lowest BCUT2D eigenvalue weighted by Gasteiger charge is -2.44. The second kappa shape index (κ2) is 12.9. The molecule has 4 heterocycles. The van der Waals surface area contributed by atoms with E-state index in [-0.39, 0.29) is 43.1 Å². The SMILES string of the molecule is COc1cc(F)c(-c2cc(Cn3cnc4c(NCC(O)CO)ncnc43)c(N3CCC[C@](N)([C@H](O)C(F)F)C3)cn2)cc1F. The number of piperidine rings is 1. The highest BCUT2D eigenvalue weighted by Crippen LogP contribution is 2.35. The Morgan fingerprint density at radius 2 is 1.91 bits per heavy atom. The van der Waals surface area contributed by atoms with Crippen LogP contribution in [0.3, 0.4) is 0 Å². The minimum absolute atomic E-state index is 0.0115. The van der Waals surface area contributed by atoms with Gasteiger partial charge in [-0.05, 0) is 30.5 Å². The summed E-state index contributed by atoms with van der Waals surface area (Å²) in [7, 11) is 1.22. The Hall–Kier alpha value is -4.12. The van der Waals surface area contributed by atoms with Crippen molar-refractivity contribution in [3.63, 3.8) is 0 Å². The molecule has 1 aliphatic rings. The van der Waals surface area contributed by atoms with Gasteiger partial charge < -0.3 is 40.6 Å². The number of nitrogens with two attached hydrogens (primary N) is 1. The molecule has 1 saturated heterocycles. The predicted octanol–water partition coefficient (Wildman–Crippen LogP) is 1.91. The summed E-state index contributed by atoms with van der Waals surface area (Å²) in [5.41, 5.74) is 6.45.